The van der Waals surface area contributed by atoms with Crippen LogP contribution in [-0.4, -0.2) is 55.9 Å². The summed E-state index contributed by atoms with van der Waals surface area (Å²) in [6.45, 7) is 6.78. The lowest BCUT2D eigenvalue weighted by Crippen LogP contribution is -2.57. The highest BCUT2D eigenvalue weighted by Gasteiger charge is 2.50. The highest BCUT2D eigenvalue weighted by atomic mass is 32.1. The van der Waals surface area contributed by atoms with Crippen molar-refractivity contribution in [3.05, 3.63) is 70.1 Å². The fraction of sp³-hybridized carbons (Fsp3) is 0.414. The molecule has 3 aromatic rings. The number of fused-ring (bicyclic) bond motifs is 2. The maximum Gasteiger partial charge on any atom is 0.399 e. The van der Waals surface area contributed by atoms with Gasteiger partial charge in [0.05, 0.1) is 4.88 Å². The second kappa shape index (κ2) is 10.8. The van der Waals surface area contributed by atoms with Crippen molar-refractivity contribution < 1.29 is 37.5 Å². The number of amides is 3. The maximum absolute atomic E-state index is 14.2. The van der Waals surface area contributed by atoms with E-state index in [0.717, 1.165) is 34.6 Å². The number of benzene rings is 2. The number of nitrogens with zero attached hydrogens (tertiary/aromatic N) is 2. The lowest BCUT2D eigenvalue weighted by molar-refractivity contribution is -0.146. The number of likely N-dealkylation sites (tertiary alicyclic amines) is 1. The Labute approximate surface area is 245 Å². The summed E-state index contributed by atoms with van der Waals surface area (Å²) in [5.41, 5.74) is -3.79. The number of hydrogen-bond acceptors (Lipinski definition) is 5. The van der Waals surface area contributed by atoms with Crippen LogP contribution in [0.4, 0.5) is 8.78 Å². The molecule has 2 aromatic carbocycles. The van der Waals surface area contributed by atoms with Crippen molar-refractivity contribution in [2.24, 2.45) is 5.41 Å². The van der Waals surface area contributed by atoms with Gasteiger partial charge in [0, 0.05) is 29.9 Å². The van der Waals surface area contributed by atoms with Crippen LogP contribution in [0, 0.1) is 5.41 Å². The van der Waals surface area contributed by atoms with Crippen molar-refractivity contribution in [3.8, 4) is 0 Å². The summed E-state index contributed by atoms with van der Waals surface area (Å²) in [7, 11) is -5.75. The zero-order valence-corrected chi connectivity index (χ0v) is 25.1. The molecular formula is C29H32F2N3O6PS. The lowest BCUT2D eigenvalue weighted by Gasteiger charge is -2.36. The summed E-state index contributed by atoms with van der Waals surface area (Å²) in [6, 6.07) is 10.7. The van der Waals surface area contributed by atoms with Crippen molar-refractivity contribution in [1.29, 1.82) is 0 Å². The Balaban J connectivity index is 1.34. The molecule has 9 nitrogen and oxygen atoms in total. The van der Waals surface area contributed by atoms with Gasteiger partial charge in [-0.25, -0.2) is 0 Å². The highest BCUT2D eigenvalue weighted by molar-refractivity contribution is 7.52. The first-order valence-corrected chi connectivity index (χ1v) is 16.0. The van der Waals surface area contributed by atoms with Crippen LogP contribution >= 0.6 is 18.9 Å². The van der Waals surface area contributed by atoms with Gasteiger partial charge in [-0.05, 0) is 53.0 Å². The normalized spacial score (nSPS) is 18.3. The molecule has 0 aliphatic carbocycles. The largest absolute Gasteiger partial charge is 0.399 e. The van der Waals surface area contributed by atoms with Crippen molar-refractivity contribution >= 4 is 46.7 Å². The van der Waals surface area contributed by atoms with Crippen LogP contribution in [0.5, 0.6) is 0 Å². The molecule has 1 saturated heterocycles. The van der Waals surface area contributed by atoms with E-state index in [1.807, 2.05) is 24.3 Å². The third-order valence-corrected chi connectivity index (χ3v) is 9.92. The number of hydrogen-bond donors (Lipinski definition) is 3. The molecule has 1 fully saturated rings. The van der Waals surface area contributed by atoms with E-state index in [0.29, 0.717) is 37.2 Å². The van der Waals surface area contributed by atoms with E-state index in [2.05, 4.69) is 5.32 Å². The quantitative estimate of drug-likeness (QED) is 0.340. The second-order valence-electron chi connectivity index (χ2n) is 11.9. The lowest BCUT2D eigenvalue weighted by atomic mass is 9.85. The predicted octanol–water partition coefficient (Wildman–Crippen LogP) is 4.81. The number of halogens is 2. The van der Waals surface area contributed by atoms with Crippen LogP contribution in [0.25, 0.3) is 10.1 Å². The summed E-state index contributed by atoms with van der Waals surface area (Å²) >= 11 is 1.01. The van der Waals surface area contributed by atoms with Gasteiger partial charge >= 0.3 is 13.3 Å². The zero-order chi connectivity index (χ0) is 30.6. The first-order chi connectivity index (χ1) is 19.6. The molecule has 2 atom stereocenters. The molecule has 0 bridgehead atoms. The van der Waals surface area contributed by atoms with Crippen LogP contribution in [0.15, 0.2) is 48.5 Å². The Kier molecular flexibility index (Phi) is 7.81. The Morgan fingerprint density at radius 1 is 1.05 bits per heavy atom. The molecule has 224 valence electrons. The topological polar surface area (TPSA) is 127 Å². The molecule has 1 unspecified atom stereocenters. The molecule has 3 heterocycles. The number of carbonyl (C=O) groups excluding carboxylic acids is 3. The second-order valence-corrected chi connectivity index (χ2v) is 14.6. The molecule has 13 heteroatoms. The molecule has 5 rings (SSSR count). The van der Waals surface area contributed by atoms with Gasteiger partial charge in [-0.1, -0.05) is 51.1 Å². The van der Waals surface area contributed by atoms with Crippen molar-refractivity contribution in [2.45, 2.75) is 64.4 Å². The van der Waals surface area contributed by atoms with Gasteiger partial charge < -0.3 is 24.9 Å². The fourth-order valence-corrected chi connectivity index (χ4v) is 6.94. The molecular weight excluding hydrogens is 587 g/mol. The molecule has 3 N–H and O–H groups in total. The van der Waals surface area contributed by atoms with Crippen LogP contribution in [0.1, 0.15) is 60.0 Å². The Morgan fingerprint density at radius 2 is 1.69 bits per heavy atom. The van der Waals surface area contributed by atoms with Crippen molar-refractivity contribution in [2.75, 3.05) is 6.54 Å². The van der Waals surface area contributed by atoms with Crippen LogP contribution in [0.3, 0.4) is 0 Å². The minimum atomic E-state index is -5.75. The number of rotatable bonds is 6. The van der Waals surface area contributed by atoms with Gasteiger partial charge in [0.2, 0.25) is 11.8 Å². The van der Waals surface area contributed by atoms with Crippen LogP contribution in [-0.2, 0) is 32.9 Å². The van der Waals surface area contributed by atoms with Gasteiger partial charge in [-0.15, -0.1) is 11.3 Å². The first kappa shape index (κ1) is 30.3. The zero-order valence-electron chi connectivity index (χ0n) is 23.3. The summed E-state index contributed by atoms with van der Waals surface area (Å²) in [4.78, 5) is 62.4. The third kappa shape index (κ3) is 5.60. The van der Waals surface area contributed by atoms with E-state index in [1.165, 1.54) is 12.1 Å². The SMILES string of the molecule is CC(C)(C)C(NC(=O)c1cc2cc(C(F)(F)P(=O)(O)O)ccc2s1)C(=O)N1CCC[C@H]1C(=O)N1Cc2ccccc2C1. The van der Waals surface area contributed by atoms with Crippen LogP contribution < -0.4 is 5.32 Å². The predicted molar refractivity (Wildman–Crippen MR) is 154 cm³/mol. The van der Waals surface area contributed by atoms with E-state index in [1.54, 1.807) is 30.6 Å². The number of thiophene rings is 1. The monoisotopic (exact) mass is 619 g/mol. The van der Waals surface area contributed by atoms with Crippen molar-refractivity contribution in [1.82, 2.24) is 15.1 Å². The average Bonchev–Trinajstić information content (AvgIpc) is 3.66. The maximum atomic E-state index is 14.2. The summed E-state index contributed by atoms with van der Waals surface area (Å²) in [5.74, 6) is -1.08. The number of alkyl halides is 2. The molecule has 42 heavy (non-hydrogen) atoms. The first-order valence-electron chi connectivity index (χ1n) is 13.5. The molecule has 0 spiro atoms. The smallest absolute Gasteiger partial charge is 0.339 e. The number of nitrogens with one attached hydrogen (secondary N) is 1. The highest BCUT2D eigenvalue weighted by Crippen LogP contribution is 2.59. The molecule has 0 radical (unpaired) electrons. The Hall–Kier alpha value is -3.18. The molecule has 0 saturated carbocycles. The molecule has 2 aliphatic heterocycles. The van der Waals surface area contributed by atoms with Gasteiger partial charge in [-0.2, -0.15) is 8.78 Å². The van der Waals surface area contributed by atoms with Crippen LogP contribution in [0.2, 0.25) is 0 Å². The van der Waals surface area contributed by atoms with E-state index in [-0.39, 0.29) is 22.1 Å². The van der Waals surface area contributed by atoms with Gasteiger partial charge in [-0.3, -0.25) is 18.9 Å². The Bertz CT molecular complexity index is 1590. The summed E-state index contributed by atoms with van der Waals surface area (Å²) in [6.07, 6.45) is 1.19. The third-order valence-electron chi connectivity index (χ3n) is 7.82. The minimum absolute atomic E-state index is 0.122. The van der Waals surface area contributed by atoms with Crippen molar-refractivity contribution in [3.63, 3.8) is 0 Å². The fourth-order valence-electron chi connectivity index (χ4n) is 5.51. The van der Waals surface area contributed by atoms with E-state index in [9.17, 15) is 27.7 Å². The molecule has 2 aliphatic rings. The summed E-state index contributed by atoms with van der Waals surface area (Å²) < 4.78 is 40.3. The van der Waals surface area contributed by atoms with Gasteiger partial charge in [0.1, 0.15) is 12.1 Å². The Morgan fingerprint density at radius 3 is 2.29 bits per heavy atom. The van der Waals surface area contributed by atoms with E-state index < -0.39 is 42.2 Å². The van der Waals surface area contributed by atoms with E-state index >= 15 is 0 Å². The standard InChI is InChI=1S/C29H32F2N3O6PS/c1-28(2,3)24(27(37)34-12-6-9-21(34)26(36)33-15-17-7-4-5-8-18(17)16-33)32-25(35)23-14-19-13-20(10-11-22(19)42-23)29(30,31)41(38,39)40/h4-5,7-8,10-11,13-14,21,24H,6,9,12,15-16H2,1-3H3,(H,32,35)(H2,38,39,40)/t21-,24?/m0/s1. The van der Waals surface area contributed by atoms with Gasteiger partial charge in [0.25, 0.3) is 5.91 Å². The average molecular weight is 620 g/mol. The molecule has 3 amide bonds. The summed E-state index contributed by atoms with van der Waals surface area (Å²) in [5, 5.41) is 3.02. The molecule has 1 aromatic heterocycles. The van der Waals surface area contributed by atoms with E-state index in [4.69, 9.17) is 9.79 Å². The number of carbonyl (C=O) groups is 3. The van der Waals surface area contributed by atoms with Gasteiger partial charge in [0.15, 0.2) is 0 Å². The minimum Gasteiger partial charge on any atom is -0.339 e.